The van der Waals surface area contributed by atoms with Crippen LogP contribution in [0.5, 0.6) is 0 Å². The van der Waals surface area contributed by atoms with Crippen molar-refractivity contribution in [2.45, 2.75) is 91.0 Å². The third-order valence-corrected chi connectivity index (χ3v) is 15.6. The summed E-state index contributed by atoms with van der Waals surface area (Å²) in [5.74, 6) is 0. The summed E-state index contributed by atoms with van der Waals surface area (Å²) in [6.07, 6.45) is 3.64. The topological polar surface area (TPSA) is 34.3 Å². The summed E-state index contributed by atoms with van der Waals surface area (Å²) >= 11 is 0. The van der Waals surface area contributed by atoms with Gasteiger partial charge in [0.15, 0.2) is 16.6 Å². The number of quaternary nitrogens is 2. The first-order valence-corrected chi connectivity index (χ1v) is 19.4. The van der Waals surface area contributed by atoms with Gasteiger partial charge in [-0.15, -0.1) is 0 Å². The zero-order valence-electron chi connectivity index (χ0n) is 22.2. The van der Waals surface area contributed by atoms with Crippen molar-refractivity contribution in [2.24, 2.45) is 0 Å². The summed E-state index contributed by atoms with van der Waals surface area (Å²) in [4.78, 5) is 0. The van der Waals surface area contributed by atoms with E-state index in [9.17, 15) is 0 Å². The Kier molecular flexibility index (Phi) is 10.3. The Hall–Kier alpha value is 0.234. The molecule has 184 valence electrons. The van der Waals surface area contributed by atoms with Crippen LogP contribution < -0.4 is 0 Å². The van der Waals surface area contributed by atoms with Gasteiger partial charge in [-0.3, -0.25) is 0 Å². The third kappa shape index (κ3) is 9.55. The van der Waals surface area contributed by atoms with Gasteiger partial charge in [0.25, 0.3) is 0 Å². The summed E-state index contributed by atoms with van der Waals surface area (Å²) < 4.78 is 20.5. The van der Waals surface area contributed by atoms with Gasteiger partial charge >= 0.3 is 0 Å². The summed E-state index contributed by atoms with van der Waals surface area (Å²) in [6, 6.07) is 2.58. The molecule has 0 spiro atoms. The third-order valence-electron chi connectivity index (χ3n) is 8.05. The smallest absolute Gasteiger partial charge is 0.173 e. The van der Waals surface area contributed by atoms with Gasteiger partial charge in [0.05, 0.1) is 52.5 Å². The molecule has 2 heterocycles. The molecule has 31 heavy (non-hydrogen) atoms. The van der Waals surface area contributed by atoms with Gasteiger partial charge in [0, 0.05) is 0 Å². The van der Waals surface area contributed by atoms with Crippen molar-refractivity contribution in [2.75, 3.05) is 65.6 Å². The number of epoxide rings is 2. The van der Waals surface area contributed by atoms with Crippen LogP contribution in [0.1, 0.15) is 40.5 Å². The molecular weight excluding hydrogens is 420 g/mol. The van der Waals surface area contributed by atoms with Gasteiger partial charge in [0.2, 0.25) is 0 Å². The quantitative estimate of drug-likeness (QED) is 0.164. The number of likely N-dealkylation sites (N-methyl/N-ethyl adjacent to an activating group) is 2. The molecule has 0 aromatic heterocycles. The summed E-state index contributed by atoms with van der Waals surface area (Å²) in [6.45, 7) is 31.1. The minimum absolute atomic E-state index is 0.524. The second-order valence-electron chi connectivity index (χ2n) is 11.5. The fourth-order valence-electron chi connectivity index (χ4n) is 5.52. The SMILES string of the molecule is CC[N+](CC)(CCC[Si](C)(C)O[Si](C)(C)CCC[N+](CC)(CC)CC1CO1)CC1CO1. The second-order valence-corrected chi connectivity index (χ2v) is 20.4. The zero-order chi connectivity index (χ0) is 23.2. The van der Waals surface area contributed by atoms with Crippen LogP contribution in [0.15, 0.2) is 0 Å². The minimum Gasteiger partial charge on any atom is -0.455 e. The molecule has 2 rings (SSSR count). The molecule has 0 bridgehead atoms. The number of hydrogen-bond donors (Lipinski definition) is 0. The molecule has 0 aromatic rings. The van der Waals surface area contributed by atoms with E-state index in [1.807, 2.05) is 0 Å². The lowest BCUT2D eigenvalue weighted by atomic mass is 10.2. The van der Waals surface area contributed by atoms with E-state index in [1.54, 1.807) is 0 Å². The monoisotopic (exact) mass is 474 g/mol. The largest absolute Gasteiger partial charge is 0.455 e. The highest BCUT2D eigenvalue weighted by Crippen LogP contribution is 2.27. The molecule has 0 saturated carbocycles. The highest BCUT2D eigenvalue weighted by molar-refractivity contribution is 6.84. The first-order chi connectivity index (χ1) is 14.5. The van der Waals surface area contributed by atoms with Crippen molar-refractivity contribution in [1.29, 1.82) is 0 Å². The maximum Gasteiger partial charge on any atom is 0.173 e. The maximum absolute atomic E-state index is 6.99. The van der Waals surface area contributed by atoms with Crippen molar-refractivity contribution < 1.29 is 22.6 Å². The molecule has 0 aliphatic carbocycles. The Morgan fingerprint density at radius 3 is 1.26 bits per heavy atom. The van der Waals surface area contributed by atoms with Crippen LogP contribution in [-0.2, 0) is 13.6 Å². The molecule has 7 heteroatoms. The van der Waals surface area contributed by atoms with Gasteiger partial charge in [-0.2, -0.15) is 0 Å². The molecular formula is C24H54N2O3Si2+2. The molecule has 2 fully saturated rings. The Morgan fingerprint density at radius 1 is 0.677 bits per heavy atom. The molecule has 0 amide bonds. The Morgan fingerprint density at radius 2 is 1.00 bits per heavy atom. The average Bonchev–Trinajstić information content (AvgIpc) is 3.62. The van der Waals surface area contributed by atoms with E-state index in [4.69, 9.17) is 13.6 Å². The van der Waals surface area contributed by atoms with Gasteiger partial charge in [-0.05, 0) is 78.8 Å². The van der Waals surface area contributed by atoms with Crippen molar-refractivity contribution in [3.05, 3.63) is 0 Å². The second kappa shape index (κ2) is 11.6. The van der Waals surface area contributed by atoms with E-state index in [0.717, 1.165) is 13.2 Å². The van der Waals surface area contributed by atoms with Crippen LogP contribution in [0.4, 0.5) is 0 Å². The van der Waals surface area contributed by atoms with Crippen molar-refractivity contribution in [1.82, 2.24) is 0 Å². The summed E-state index contributed by atoms with van der Waals surface area (Å²) in [7, 11) is -3.24. The van der Waals surface area contributed by atoms with Crippen LogP contribution in [-0.4, -0.2) is 103 Å². The Labute approximate surface area is 195 Å². The predicted molar refractivity (Wildman–Crippen MR) is 137 cm³/mol. The van der Waals surface area contributed by atoms with E-state index in [1.165, 1.54) is 86.3 Å². The van der Waals surface area contributed by atoms with Crippen molar-refractivity contribution in [3.8, 4) is 0 Å². The summed E-state index contributed by atoms with van der Waals surface area (Å²) in [5.41, 5.74) is 0. The first-order valence-electron chi connectivity index (χ1n) is 13.2. The molecule has 0 aromatic carbocycles. The van der Waals surface area contributed by atoms with Crippen molar-refractivity contribution in [3.63, 3.8) is 0 Å². The van der Waals surface area contributed by atoms with E-state index in [2.05, 4.69) is 53.9 Å². The highest BCUT2D eigenvalue weighted by Gasteiger charge is 2.38. The van der Waals surface area contributed by atoms with E-state index in [-0.39, 0.29) is 0 Å². The maximum atomic E-state index is 6.99. The molecule has 0 radical (unpaired) electrons. The molecule has 2 saturated heterocycles. The van der Waals surface area contributed by atoms with E-state index in [0.29, 0.717) is 12.2 Å². The molecule has 2 aliphatic rings. The van der Waals surface area contributed by atoms with Crippen LogP contribution in [0.3, 0.4) is 0 Å². The lowest BCUT2D eigenvalue weighted by Crippen LogP contribution is -2.52. The van der Waals surface area contributed by atoms with Gasteiger partial charge in [-0.1, -0.05) is 0 Å². The van der Waals surface area contributed by atoms with Crippen LogP contribution in [0.25, 0.3) is 0 Å². The fourth-order valence-corrected chi connectivity index (χ4v) is 14.3. The normalized spacial score (nSPS) is 22.1. The lowest BCUT2D eigenvalue weighted by molar-refractivity contribution is -0.925. The van der Waals surface area contributed by atoms with Gasteiger partial charge < -0.3 is 22.6 Å². The highest BCUT2D eigenvalue weighted by atomic mass is 28.4. The molecule has 2 aliphatic heterocycles. The fraction of sp³-hybridized carbons (Fsp3) is 1.00. The first kappa shape index (κ1) is 27.5. The number of hydrogen-bond acceptors (Lipinski definition) is 3. The molecule has 5 nitrogen and oxygen atoms in total. The zero-order valence-corrected chi connectivity index (χ0v) is 24.2. The average molecular weight is 475 g/mol. The summed E-state index contributed by atoms with van der Waals surface area (Å²) in [5, 5.41) is 0. The van der Waals surface area contributed by atoms with Gasteiger partial charge in [0.1, 0.15) is 25.3 Å². The van der Waals surface area contributed by atoms with Crippen molar-refractivity contribution >= 4 is 16.6 Å². The molecule has 2 atom stereocenters. The Bertz CT molecular complexity index is 483. The van der Waals surface area contributed by atoms with Crippen LogP contribution in [0, 0.1) is 0 Å². The number of rotatable bonds is 18. The Balaban J connectivity index is 1.77. The van der Waals surface area contributed by atoms with Gasteiger partial charge in [-0.25, -0.2) is 0 Å². The van der Waals surface area contributed by atoms with E-state index < -0.39 is 16.6 Å². The van der Waals surface area contributed by atoms with Crippen LogP contribution in [0.2, 0.25) is 38.3 Å². The minimum atomic E-state index is -1.62. The standard InChI is InChI=1S/C24H54N2O3Si2/c1-9-25(10-2,19-23-21-27-23)15-13-17-30(5,6)29-31(7,8)18-14-16-26(11-3,12-4)20-24-22-28-24/h23-24H,9-22H2,1-8H3/q+2. The van der Waals surface area contributed by atoms with Crippen LogP contribution >= 0.6 is 0 Å². The number of nitrogens with zero attached hydrogens (tertiary/aromatic N) is 2. The number of ether oxygens (including phenoxy) is 2. The van der Waals surface area contributed by atoms with E-state index >= 15 is 0 Å². The predicted octanol–water partition coefficient (Wildman–Crippen LogP) is 4.70. The molecule has 0 N–H and O–H groups in total. The lowest BCUT2D eigenvalue weighted by Gasteiger charge is -2.39. The molecule has 2 unspecified atom stereocenters.